The van der Waals surface area contributed by atoms with Crippen molar-refractivity contribution in [3.8, 4) is 0 Å². The van der Waals surface area contributed by atoms with E-state index in [1.165, 1.54) is 127 Å². The molecule has 3 nitrogen and oxygen atoms in total. The molecular formula is C66H82BN3. The minimum Gasteiger partial charge on any atom is -0.334 e. The number of benzene rings is 6. The molecule has 0 bridgehead atoms. The molecule has 3 aliphatic heterocycles. The smallest absolute Gasteiger partial charge is 0.252 e. The van der Waals surface area contributed by atoms with Gasteiger partial charge >= 0.3 is 0 Å². The van der Waals surface area contributed by atoms with E-state index in [-0.39, 0.29) is 44.7 Å². The molecule has 1 fully saturated rings. The molecule has 1 aliphatic carbocycles. The standard InChI is InChI=1S/C66H82BN3/c1-42-36-44(61(5,6)7)24-31-53(42)69-55-33-26-46(63(11,12)13)38-52(55)67-51-30-29-49(70-54-32-25-45(62(8,9)10)37-50(54)65(17)34-20-19-21-35-66(65,70)18)41-56(51)68(48-27-22-43(23-28-48)60(2,3)4)57-39-47(64(14,15)16)40-58(69)59(57)67/h22-33,36-41H,19-21,34-35H2,1-18H3. The first kappa shape index (κ1) is 48.4. The van der Waals surface area contributed by atoms with Crippen LogP contribution in [0.1, 0.15) is 189 Å². The molecule has 0 saturated heterocycles. The Balaban J connectivity index is 1.30. The van der Waals surface area contributed by atoms with Crippen molar-refractivity contribution < 1.29 is 0 Å². The lowest BCUT2D eigenvalue weighted by molar-refractivity contribution is 0.261. The van der Waals surface area contributed by atoms with Crippen LogP contribution in [0.25, 0.3) is 0 Å². The largest absolute Gasteiger partial charge is 0.334 e. The van der Waals surface area contributed by atoms with Crippen molar-refractivity contribution in [1.82, 2.24) is 0 Å². The molecule has 4 aliphatic rings. The third-order valence-corrected chi connectivity index (χ3v) is 17.6. The van der Waals surface area contributed by atoms with Crippen molar-refractivity contribution >= 4 is 68.6 Å². The number of fused-ring (bicyclic) bond motifs is 7. The van der Waals surface area contributed by atoms with Crippen molar-refractivity contribution in [2.75, 3.05) is 14.7 Å². The Morgan fingerprint density at radius 2 is 0.900 bits per heavy atom. The van der Waals surface area contributed by atoms with Gasteiger partial charge in [-0.2, -0.15) is 0 Å². The highest BCUT2D eigenvalue weighted by molar-refractivity contribution is 7.00. The Bertz CT molecular complexity index is 3050. The highest BCUT2D eigenvalue weighted by atomic mass is 15.3. The van der Waals surface area contributed by atoms with Gasteiger partial charge in [-0.3, -0.25) is 0 Å². The molecule has 364 valence electrons. The van der Waals surface area contributed by atoms with Gasteiger partial charge in [0.1, 0.15) is 0 Å². The number of hydrogen-bond acceptors (Lipinski definition) is 3. The SMILES string of the molecule is Cc1cc(C(C)(C)C)ccc1N1c2ccc(C(C)(C)C)cc2B2c3ccc(N4c5ccc(C(C)(C)C)cc5C5(C)CCCCCC45C)cc3N(c3ccc(C(C)(C)C)cc3)c3cc(C(C)(C)C)cc1c32. The second kappa shape index (κ2) is 15.9. The predicted octanol–water partition coefficient (Wildman–Crippen LogP) is 16.7. The minimum absolute atomic E-state index is 0.0138. The lowest BCUT2D eigenvalue weighted by atomic mass is 9.33. The van der Waals surface area contributed by atoms with Crippen molar-refractivity contribution in [2.24, 2.45) is 0 Å². The van der Waals surface area contributed by atoms with Crippen LogP contribution in [-0.4, -0.2) is 12.3 Å². The summed E-state index contributed by atoms with van der Waals surface area (Å²) >= 11 is 0. The van der Waals surface area contributed by atoms with Crippen molar-refractivity contribution in [2.45, 2.75) is 195 Å². The number of hydrogen-bond donors (Lipinski definition) is 0. The molecule has 2 unspecified atom stereocenters. The maximum absolute atomic E-state index is 2.81. The Labute approximate surface area is 424 Å². The van der Waals surface area contributed by atoms with Crippen molar-refractivity contribution in [3.63, 3.8) is 0 Å². The number of rotatable bonds is 3. The monoisotopic (exact) mass is 928 g/mol. The summed E-state index contributed by atoms with van der Waals surface area (Å²) in [6.45, 7) is 42.9. The molecule has 0 aromatic heterocycles. The van der Waals surface area contributed by atoms with E-state index in [9.17, 15) is 0 Å². The van der Waals surface area contributed by atoms with Crippen LogP contribution in [0, 0.1) is 6.92 Å². The molecule has 6 aromatic carbocycles. The summed E-state index contributed by atoms with van der Waals surface area (Å²) in [5.41, 5.74) is 24.0. The van der Waals surface area contributed by atoms with Crippen molar-refractivity contribution in [3.05, 3.63) is 148 Å². The van der Waals surface area contributed by atoms with Gasteiger partial charge in [0.05, 0.1) is 5.54 Å². The Morgan fingerprint density at radius 3 is 1.49 bits per heavy atom. The quantitative estimate of drug-likeness (QED) is 0.164. The number of aryl methyl sites for hydroxylation is 1. The Morgan fingerprint density at radius 1 is 0.400 bits per heavy atom. The predicted molar refractivity (Wildman–Crippen MR) is 306 cm³/mol. The van der Waals surface area contributed by atoms with E-state index in [1.54, 1.807) is 0 Å². The van der Waals surface area contributed by atoms with Crippen LogP contribution in [0.15, 0.2) is 109 Å². The van der Waals surface area contributed by atoms with Crippen LogP contribution in [0.5, 0.6) is 0 Å². The molecular weight excluding hydrogens is 846 g/mol. The molecule has 1 saturated carbocycles. The van der Waals surface area contributed by atoms with E-state index in [0.717, 1.165) is 6.42 Å². The molecule has 0 spiro atoms. The van der Waals surface area contributed by atoms with Gasteiger partial charge in [-0.15, -0.1) is 0 Å². The van der Waals surface area contributed by atoms with Crippen molar-refractivity contribution in [1.29, 1.82) is 0 Å². The maximum Gasteiger partial charge on any atom is 0.252 e. The van der Waals surface area contributed by atoms with Gasteiger partial charge in [0.2, 0.25) is 0 Å². The van der Waals surface area contributed by atoms with Gasteiger partial charge in [-0.25, -0.2) is 0 Å². The van der Waals surface area contributed by atoms with Gasteiger partial charge in [0, 0.05) is 50.9 Å². The van der Waals surface area contributed by atoms with Crippen LogP contribution in [0.2, 0.25) is 0 Å². The summed E-state index contributed by atoms with van der Waals surface area (Å²) in [7, 11) is 0. The van der Waals surface area contributed by atoms with Crippen LogP contribution in [0.4, 0.5) is 45.5 Å². The minimum atomic E-state index is -0.109. The fourth-order valence-corrected chi connectivity index (χ4v) is 12.8. The first-order valence-corrected chi connectivity index (χ1v) is 26.8. The molecule has 0 radical (unpaired) electrons. The summed E-state index contributed by atoms with van der Waals surface area (Å²) in [5.74, 6) is 0. The second-order valence-corrected chi connectivity index (χ2v) is 27.6. The van der Waals surface area contributed by atoms with Crippen LogP contribution in [-0.2, 0) is 32.5 Å². The van der Waals surface area contributed by atoms with E-state index in [0.29, 0.717) is 0 Å². The van der Waals surface area contributed by atoms with E-state index in [4.69, 9.17) is 0 Å². The van der Waals surface area contributed by atoms with Crippen LogP contribution < -0.4 is 31.1 Å². The first-order valence-electron chi connectivity index (χ1n) is 26.8. The lowest BCUT2D eigenvalue weighted by Gasteiger charge is -2.48. The Hall–Kier alpha value is -5.22. The molecule has 2 atom stereocenters. The van der Waals surface area contributed by atoms with E-state index < -0.39 is 0 Å². The lowest BCUT2D eigenvalue weighted by Crippen LogP contribution is -2.61. The maximum atomic E-state index is 2.81. The van der Waals surface area contributed by atoms with E-state index in [1.807, 2.05) is 0 Å². The third-order valence-electron chi connectivity index (χ3n) is 17.6. The summed E-state index contributed by atoms with van der Waals surface area (Å²) in [4.78, 5) is 8.11. The van der Waals surface area contributed by atoms with Crippen LogP contribution in [0.3, 0.4) is 0 Å². The summed E-state index contributed by atoms with van der Waals surface area (Å²) in [6, 6.07) is 44.5. The highest BCUT2D eigenvalue weighted by Gasteiger charge is 2.57. The summed E-state index contributed by atoms with van der Waals surface area (Å²) in [6.07, 6.45) is 6.17. The van der Waals surface area contributed by atoms with E-state index >= 15 is 0 Å². The summed E-state index contributed by atoms with van der Waals surface area (Å²) in [5, 5.41) is 0. The van der Waals surface area contributed by atoms with Gasteiger partial charge in [-0.1, -0.05) is 185 Å². The van der Waals surface area contributed by atoms with Gasteiger partial charge in [0.15, 0.2) is 0 Å². The molecule has 0 amide bonds. The average molecular weight is 928 g/mol. The molecule has 4 heteroatoms. The molecule has 10 rings (SSSR count). The Kier molecular flexibility index (Phi) is 11.0. The third kappa shape index (κ3) is 7.58. The van der Waals surface area contributed by atoms with Gasteiger partial charge in [0.25, 0.3) is 6.71 Å². The molecule has 6 aromatic rings. The van der Waals surface area contributed by atoms with E-state index in [2.05, 4.69) is 249 Å². The first-order chi connectivity index (χ1) is 32.5. The molecule has 0 N–H and O–H groups in total. The van der Waals surface area contributed by atoms with Crippen LogP contribution >= 0.6 is 0 Å². The fraction of sp³-hybridized carbons (Fsp3) is 0.455. The highest BCUT2D eigenvalue weighted by Crippen LogP contribution is 2.61. The van der Waals surface area contributed by atoms with Gasteiger partial charge in [-0.05, 0) is 164 Å². The second-order valence-electron chi connectivity index (χ2n) is 27.6. The molecule has 70 heavy (non-hydrogen) atoms. The number of anilines is 8. The average Bonchev–Trinajstić information content (AvgIpc) is 3.33. The number of nitrogens with zero attached hydrogens (tertiary/aromatic N) is 3. The fourth-order valence-electron chi connectivity index (χ4n) is 12.8. The zero-order valence-corrected chi connectivity index (χ0v) is 46.3. The zero-order valence-electron chi connectivity index (χ0n) is 46.3. The normalized spacial score (nSPS) is 20.1. The zero-order chi connectivity index (χ0) is 50.5. The summed E-state index contributed by atoms with van der Waals surface area (Å²) < 4.78 is 0. The molecule has 3 heterocycles. The van der Waals surface area contributed by atoms with Gasteiger partial charge < -0.3 is 14.7 Å². The topological polar surface area (TPSA) is 9.72 Å².